The zero-order valence-corrected chi connectivity index (χ0v) is 16.3. The summed E-state index contributed by atoms with van der Waals surface area (Å²) in [6.45, 7) is 4.59. The Morgan fingerprint density at radius 3 is 2.15 bits per heavy atom. The van der Waals surface area contributed by atoms with Crippen LogP contribution >= 0.6 is 0 Å². The van der Waals surface area contributed by atoms with Crippen LogP contribution in [0.2, 0.25) is 0 Å². The summed E-state index contributed by atoms with van der Waals surface area (Å²) in [5, 5.41) is 0. The van der Waals surface area contributed by atoms with Crippen LogP contribution < -0.4 is 0 Å². The molecule has 1 heterocycles. The van der Waals surface area contributed by atoms with Crippen LogP contribution in [0.5, 0.6) is 0 Å². The van der Waals surface area contributed by atoms with Gasteiger partial charge in [0, 0.05) is 45.4 Å². The van der Waals surface area contributed by atoms with Crippen LogP contribution in [0.15, 0.2) is 24.3 Å². The third-order valence-corrected chi connectivity index (χ3v) is 5.72. The van der Waals surface area contributed by atoms with Crippen molar-refractivity contribution in [3.05, 3.63) is 35.4 Å². The summed E-state index contributed by atoms with van der Waals surface area (Å²) in [6, 6.07) is 4.92. The van der Waals surface area contributed by atoms with Gasteiger partial charge in [-0.15, -0.1) is 0 Å². The molecule has 1 aromatic rings. The molecule has 1 unspecified atom stereocenters. The first-order valence-electron chi connectivity index (χ1n) is 8.81. The molecule has 1 saturated heterocycles. The van der Waals surface area contributed by atoms with Gasteiger partial charge < -0.3 is 4.90 Å². The van der Waals surface area contributed by atoms with E-state index in [0.29, 0.717) is 38.3 Å². The lowest BCUT2D eigenvalue weighted by Gasteiger charge is -2.35. The van der Waals surface area contributed by atoms with Crippen molar-refractivity contribution in [2.24, 2.45) is 0 Å². The van der Waals surface area contributed by atoms with Crippen molar-refractivity contribution in [1.82, 2.24) is 9.80 Å². The van der Waals surface area contributed by atoms with E-state index >= 15 is 0 Å². The Kier molecular flexibility index (Phi) is 6.91. The first-order chi connectivity index (χ1) is 12.5. The molecule has 0 aliphatic carbocycles. The highest BCUT2D eigenvalue weighted by atomic mass is 32.2. The third-order valence-electron chi connectivity index (χ3n) is 4.79. The standard InChI is InChI=1S/C18H25F3N2O3S/c1-14(15-3-5-16(6-4-15)18(19,20)21)13-17(24)23-9-7-22(8-10-23)11-12-27(2,25)26/h3-6,14H,7-13H2,1-2H3. The van der Waals surface area contributed by atoms with Crippen LogP contribution in [0.3, 0.4) is 0 Å². The fourth-order valence-corrected chi connectivity index (χ4v) is 3.62. The molecule has 0 saturated carbocycles. The summed E-state index contributed by atoms with van der Waals surface area (Å²) in [7, 11) is -3.00. The second-order valence-corrected chi connectivity index (χ2v) is 9.34. The van der Waals surface area contributed by atoms with E-state index in [-0.39, 0.29) is 24.0 Å². The fraction of sp³-hybridized carbons (Fsp3) is 0.611. The van der Waals surface area contributed by atoms with E-state index in [4.69, 9.17) is 0 Å². The molecule has 0 radical (unpaired) electrons. The lowest BCUT2D eigenvalue weighted by molar-refractivity contribution is -0.137. The summed E-state index contributed by atoms with van der Waals surface area (Å²) in [5.41, 5.74) is -0.00173. The molecule has 2 rings (SSSR count). The number of nitrogens with zero attached hydrogens (tertiary/aromatic N) is 2. The number of benzene rings is 1. The molecule has 1 atom stereocenters. The van der Waals surface area contributed by atoms with E-state index in [1.165, 1.54) is 18.4 Å². The van der Waals surface area contributed by atoms with E-state index in [2.05, 4.69) is 0 Å². The molecule has 1 aromatic carbocycles. The SMILES string of the molecule is CC(CC(=O)N1CCN(CCS(C)(=O)=O)CC1)c1ccc(C(F)(F)F)cc1. The maximum atomic E-state index is 12.6. The van der Waals surface area contributed by atoms with Crippen LogP contribution in [0.1, 0.15) is 30.4 Å². The second kappa shape index (κ2) is 8.60. The van der Waals surface area contributed by atoms with Gasteiger partial charge in [0.25, 0.3) is 0 Å². The van der Waals surface area contributed by atoms with Gasteiger partial charge in [-0.2, -0.15) is 13.2 Å². The van der Waals surface area contributed by atoms with Gasteiger partial charge in [-0.3, -0.25) is 9.69 Å². The number of halogens is 3. The summed E-state index contributed by atoms with van der Waals surface area (Å²) >= 11 is 0. The summed E-state index contributed by atoms with van der Waals surface area (Å²) in [6.07, 6.45) is -2.93. The van der Waals surface area contributed by atoms with Gasteiger partial charge in [-0.1, -0.05) is 19.1 Å². The third kappa shape index (κ3) is 6.80. The minimum atomic E-state index is -4.37. The largest absolute Gasteiger partial charge is 0.416 e. The van der Waals surface area contributed by atoms with Crippen molar-refractivity contribution in [2.75, 3.05) is 44.7 Å². The van der Waals surface area contributed by atoms with E-state index in [0.717, 1.165) is 12.1 Å². The molecule has 0 spiro atoms. The molecular weight excluding hydrogens is 381 g/mol. The van der Waals surface area contributed by atoms with Crippen molar-refractivity contribution in [2.45, 2.75) is 25.4 Å². The maximum Gasteiger partial charge on any atom is 0.416 e. The summed E-state index contributed by atoms with van der Waals surface area (Å²) in [4.78, 5) is 16.2. The topological polar surface area (TPSA) is 57.7 Å². The lowest BCUT2D eigenvalue weighted by atomic mass is 9.96. The van der Waals surface area contributed by atoms with Gasteiger partial charge in [0.2, 0.25) is 5.91 Å². The van der Waals surface area contributed by atoms with Crippen molar-refractivity contribution in [3.63, 3.8) is 0 Å². The summed E-state index contributed by atoms with van der Waals surface area (Å²) in [5.74, 6) is -0.112. The molecule has 0 aromatic heterocycles. The number of carbonyl (C=O) groups excluding carboxylic acids is 1. The number of amides is 1. The molecule has 9 heteroatoms. The molecule has 1 fully saturated rings. The molecule has 27 heavy (non-hydrogen) atoms. The maximum absolute atomic E-state index is 12.6. The number of hydrogen-bond acceptors (Lipinski definition) is 4. The molecule has 152 valence electrons. The van der Waals surface area contributed by atoms with Crippen molar-refractivity contribution >= 4 is 15.7 Å². The first kappa shape index (κ1) is 21.7. The van der Waals surface area contributed by atoms with Crippen LogP contribution in [-0.4, -0.2) is 68.9 Å². The highest BCUT2D eigenvalue weighted by Crippen LogP contribution is 2.30. The van der Waals surface area contributed by atoms with Crippen LogP contribution in [-0.2, 0) is 20.8 Å². The van der Waals surface area contributed by atoms with E-state index < -0.39 is 21.6 Å². The van der Waals surface area contributed by atoms with Crippen LogP contribution in [0, 0.1) is 0 Å². The van der Waals surface area contributed by atoms with Gasteiger partial charge >= 0.3 is 6.18 Å². The van der Waals surface area contributed by atoms with Crippen molar-refractivity contribution < 1.29 is 26.4 Å². The molecular formula is C18H25F3N2O3S. The lowest BCUT2D eigenvalue weighted by Crippen LogP contribution is -2.49. The zero-order valence-electron chi connectivity index (χ0n) is 15.5. The van der Waals surface area contributed by atoms with E-state index in [1.54, 1.807) is 4.90 Å². The normalized spacial score (nSPS) is 17.7. The Balaban J connectivity index is 1.83. The predicted octanol–water partition coefficient (Wildman–Crippen LogP) is 2.39. The smallest absolute Gasteiger partial charge is 0.340 e. The highest BCUT2D eigenvalue weighted by Gasteiger charge is 2.30. The molecule has 1 amide bonds. The Hall–Kier alpha value is -1.61. The Morgan fingerprint density at radius 1 is 1.11 bits per heavy atom. The van der Waals surface area contributed by atoms with Gasteiger partial charge in [0.1, 0.15) is 9.84 Å². The number of rotatable bonds is 6. The Morgan fingerprint density at radius 2 is 1.67 bits per heavy atom. The minimum Gasteiger partial charge on any atom is -0.340 e. The first-order valence-corrected chi connectivity index (χ1v) is 10.9. The van der Waals surface area contributed by atoms with Crippen molar-refractivity contribution in [1.29, 1.82) is 0 Å². The van der Waals surface area contributed by atoms with Crippen molar-refractivity contribution in [3.8, 4) is 0 Å². The second-order valence-electron chi connectivity index (χ2n) is 7.08. The van der Waals surface area contributed by atoms with Gasteiger partial charge in [0.05, 0.1) is 11.3 Å². The number of sulfone groups is 1. The molecule has 0 N–H and O–H groups in total. The average Bonchev–Trinajstić information content (AvgIpc) is 2.59. The zero-order chi connectivity index (χ0) is 20.2. The number of alkyl halides is 3. The average molecular weight is 406 g/mol. The van der Waals surface area contributed by atoms with Crippen LogP contribution in [0.4, 0.5) is 13.2 Å². The van der Waals surface area contributed by atoms with Gasteiger partial charge in [0.15, 0.2) is 0 Å². The summed E-state index contributed by atoms with van der Waals surface area (Å²) < 4.78 is 60.3. The monoisotopic (exact) mass is 406 g/mol. The highest BCUT2D eigenvalue weighted by molar-refractivity contribution is 7.90. The number of carbonyl (C=O) groups is 1. The quantitative estimate of drug-likeness (QED) is 0.728. The molecule has 0 bridgehead atoms. The van der Waals surface area contributed by atoms with Crippen LogP contribution in [0.25, 0.3) is 0 Å². The molecule has 1 aliphatic rings. The predicted molar refractivity (Wildman–Crippen MR) is 97.2 cm³/mol. The molecule has 1 aliphatic heterocycles. The van der Waals surface area contributed by atoms with Gasteiger partial charge in [-0.05, 0) is 23.6 Å². The van der Waals surface area contributed by atoms with E-state index in [9.17, 15) is 26.4 Å². The fourth-order valence-electron chi connectivity index (χ4n) is 3.03. The Bertz CT molecular complexity index is 740. The van der Waals surface area contributed by atoms with E-state index in [1.807, 2.05) is 11.8 Å². The van der Waals surface area contributed by atoms with Gasteiger partial charge in [-0.25, -0.2) is 8.42 Å². The number of hydrogen-bond donors (Lipinski definition) is 0. The molecule has 5 nitrogen and oxygen atoms in total. The minimum absolute atomic E-state index is 0.0369. The number of piperazine rings is 1. The Labute approximate surface area is 158 Å².